The van der Waals surface area contributed by atoms with E-state index in [1.807, 2.05) is 27.7 Å². The average Bonchev–Trinajstić information content (AvgIpc) is 2.34. The lowest BCUT2D eigenvalue weighted by Crippen LogP contribution is -2.39. The van der Waals surface area contributed by atoms with Crippen LogP contribution in [-0.2, 0) is 0 Å². The van der Waals surface area contributed by atoms with Crippen LogP contribution in [0.2, 0.25) is 0 Å². The first-order valence-corrected chi connectivity index (χ1v) is 7.07. The third kappa shape index (κ3) is 5.01. The lowest BCUT2D eigenvalue weighted by molar-refractivity contribution is 0.149. The molecule has 3 atom stereocenters. The highest BCUT2D eigenvalue weighted by Crippen LogP contribution is 2.36. The first-order valence-electron chi connectivity index (χ1n) is 7.07. The molecule has 1 saturated heterocycles. The minimum atomic E-state index is 0.996. The molecule has 2 fully saturated rings. The van der Waals surface area contributed by atoms with Crippen molar-refractivity contribution in [3.05, 3.63) is 0 Å². The fraction of sp³-hybridized carbons (Fsp3) is 1.00. The van der Waals surface area contributed by atoms with Crippen molar-refractivity contribution in [1.29, 1.82) is 0 Å². The first kappa shape index (κ1) is 15.0. The minimum absolute atomic E-state index is 0.996. The Morgan fingerprint density at radius 3 is 2.20 bits per heavy atom. The van der Waals surface area contributed by atoms with Crippen LogP contribution in [0, 0.1) is 17.8 Å². The maximum atomic E-state index is 3.50. The Balaban J connectivity index is 0.000000442. The van der Waals surface area contributed by atoms with E-state index < -0.39 is 0 Å². The van der Waals surface area contributed by atoms with E-state index in [0.717, 1.165) is 17.8 Å². The molecule has 0 spiro atoms. The molecule has 0 bridgehead atoms. The number of hydrogen-bond acceptors (Lipinski definition) is 1. The Hall–Kier alpha value is -0.0400. The van der Waals surface area contributed by atoms with Gasteiger partial charge in [0.25, 0.3) is 0 Å². The van der Waals surface area contributed by atoms with Crippen LogP contribution in [0.3, 0.4) is 0 Å². The molecule has 2 aliphatic rings. The van der Waals surface area contributed by atoms with Gasteiger partial charge in [-0.25, -0.2) is 0 Å². The van der Waals surface area contributed by atoms with E-state index in [4.69, 9.17) is 0 Å². The summed E-state index contributed by atoms with van der Waals surface area (Å²) < 4.78 is 0. The van der Waals surface area contributed by atoms with Crippen LogP contribution in [0.15, 0.2) is 0 Å². The van der Waals surface area contributed by atoms with Crippen molar-refractivity contribution in [2.45, 2.75) is 60.3 Å². The van der Waals surface area contributed by atoms with Crippen molar-refractivity contribution < 1.29 is 0 Å². The van der Waals surface area contributed by atoms with Gasteiger partial charge in [0, 0.05) is 0 Å². The molecule has 0 aromatic heterocycles. The van der Waals surface area contributed by atoms with Gasteiger partial charge in [-0.2, -0.15) is 0 Å². The van der Waals surface area contributed by atoms with Crippen molar-refractivity contribution in [2.24, 2.45) is 17.8 Å². The third-order valence-corrected chi connectivity index (χ3v) is 3.50. The average molecular weight is 213 g/mol. The molecule has 1 nitrogen and oxygen atoms in total. The summed E-state index contributed by atoms with van der Waals surface area (Å²) in [6.07, 6.45) is 5.92. The lowest BCUT2D eigenvalue weighted by atomic mass is 9.72. The molecule has 3 unspecified atom stereocenters. The molecule has 1 heteroatoms. The van der Waals surface area contributed by atoms with Gasteiger partial charge in [-0.05, 0) is 50.1 Å². The second-order valence-corrected chi connectivity index (χ2v) is 4.43. The predicted octanol–water partition coefficient (Wildman–Crippen LogP) is 4.08. The van der Waals surface area contributed by atoms with Gasteiger partial charge < -0.3 is 5.32 Å². The molecule has 0 aromatic rings. The predicted molar refractivity (Wildman–Crippen MR) is 70.2 cm³/mol. The normalized spacial score (nSPS) is 33.8. The van der Waals surface area contributed by atoms with E-state index in [1.54, 1.807) is 0 Å². The quantitative estimate of drug-likeness (QED) is 0.639. The SMILES string of the molecule is CC.CC.CC1CCC2CCNCC2C1. The maximum absolute atomic E-state index is 3.50. The summed E-state index contributed by atoms with van der Waals surface area (Å²) >= 11 is 0. The zero-order valence-electron chi connectivity index (χ0n) is 11.5. The molecule has 15 heavy (non-hydrogen) atoms. The molecule has 0 aromatic carbocycles. The van der Waals surface area contributed by atoms with Crippen LogP contribution >= 0.6 is 0 Å². The summed E-state index contributed by atoms with van der Waals surface area (Å²) in [5.41, 5.74) is 0. The van der Waals surface area contributed by atoms with E-state index in [1.165, 1.54) is 38.8 Å². The standard InChI is InChI=1S/C10H19N.2C2H6/c1-8-2-3-9-4-5-11-7-10(9)6-8;2*1-2/h8-11H,2-7H2,1H3;2*1-2H3. The van der Waals surface area contributed by atoms with Crippen molar-refractivity contribution in [1.82, 2.24) is 5.32 Å². The van der Waals surface area contributed by atoms with Crippen LogP contribution in [0.1, 0.15) is 60.3 Å². The summed E-state index contributed by atoms with van der Waals surface area (Å²) in [7, 11) is 0. The molecular formula is C14H31N. The Morgan fingerprint density at radius 1 is 0.867 bits per heavy atom. The van der Waals surface area contributed by atoms with Gasteiger partial charge in [0.15, 0.2) is 0 Å². The number of fused-ring (bicyclic) bond motifs is 1. The Labute approximate surface area is 97.0 Å². The largest absolute Gasteiger partial charge is 0.316 e. The summed E-state index contributed by atoms with van der Waals surface area (Å²) in [6.45, 7) is 13.0. The molecular weight excluding hydrogens is 182 g/mol. The zero-order valence-corrected chi connectivity index (χ0v) is 11.5. The van der Waals surface area contributed by atoms with Crippen LogP contribution in [-0.4, -0.2) is 13.1 Å². The Bertz CT molecular complexity index is 133. The van der Waals surface area contributed by atoms with E-state index in [2.05, 4.69) is 12.2 Å². The van der Waals surface area contributed by atoms with Crippen molar-refractivity contribution in [3.8, 4) is 0 Å². The topological polar surface area (TPSA) is 12.0 Å². The highest BCUT2D eigenvalue weighted by molar-refractivity contribution is 4.83. The lowest BCUT2D eigenvalue weighted by Gasteiger charge is -2.38. The van der Waals surface area contributed by atoms with Crippen molar-refractivity contribution in [3.63, 3.8) is 0 Å². The summed E-state index contributed by atoms with van der Waals surface area (Å²) in [4.78, 5) is 0. The van der Waals surface area contributed by atoms with Gasteiger partial charge in [-0.1, -0.05) is 41.0 Å². The summed E-state index contributed by atoms with van der Waals surface area (Å²) in [5, 5.41) is 3.50. The van der Waals surface area contributed by atoms with Crippen molar-refractivity contribution in [2.75, 3.05) is 13.1 Å². The highest BCUT2D eigenvalue weighted by Gasteiger charge is 2.29. The molecule has 1 aliphatic carbocycles. The second kappa shape index (κ2) is 9.21. The second-order valence-electron chi connectivity index (χ2n) is 4.43. The third-order valence-electron chi connectivity index (χ3n) is 3.50. The minimum Gasteiger partial charge on any atom is -0.316 e. The van der Waals surface area contributed by atoms with Crippen LogP contribution in [0.4, 0.5) is 0 Å². The Kier molecular flexibility index (Phi) is 9.18. The molecule has 1 N–H and O–H groups in total. The fourth-order valence-electron chi connectivity index (χ4n) is 2.77. The van der Waals surface area contributed by atoms with E-state index in [-0.39, 0.29) is 0 Å². The number of nitrogens with one attached hydrogen (secondary N) is 1. The fourth-order valence-corrected chi connectivity index (χ4v) is 2.77. The van der Waals surface area contributed by atoms with E-state index in [9.17, 15) is 0 Å². The van der Waals surface area contributed by atoms with Gasteiger partial charge in [0.05, 0.1) is 0 Å². The molecule has 1 aliphatic heterocycles. The van der Waals surface area contributed by atoms with Crippen molar-refractivity contribution >= 4 is 0 Å². The molecule has 0 amide bonds. The number of rotatable bonds is 0. The van der Waals surface area contributed by atoms with Gasteiger partial charge in [0.1, 0.15) is 0 Å². The highest BCUT2D eigenvalue weighted by atomic mass is 14.9. The molecule has 2 rings (SSSR count). The van der Waals surface area contributed by atoms with Gasteiger partial charge >= 0.3 is 0 Å². The monoisotopic (exact) mass is 213 g/mol. The van der Waals surface area contributed by atoms with E-state index >= 15 is 0 Å². The van der Waals surface area contributed by atoms with Crippen LogP contribution in [0.5, 0.6) is 0 Å². The van der Waals surface area contributed by atoms with Gasteiger partial charge in [-0.3, -0.25) is 0 Å². The molecule has 0 radical (unpaired) electrons. The molecule has 92 valence electrons. The zero-order chi connectivity index (χ0) is 11.7. The van der Waals surface area contributed by atoms with Gasteiger partial charge in [-0.15, -0.1) is 0 Å². The maximum Gasteiger partial charge on any atom is -0.00178 e. The molecule has 1 saturated carbocycles. The number of hydrogen-bond donors (Lipinski definition) is 1. The number of piperidine rings is 1. The smallest absolute Gasteiger partial charge is 0.00178 e. The summed E-state index contributed by atoms with van der Waals surface area (Å²) in [6, 6.07) is 0. The van der Waals surface area contributed by atoms with E-state index in [0.29, 0.717) is 0 Å². The van der Waals surface area contributed by atoms with Gasteiger partial charge in [0.2, 0.25) is 0 Å². The van der Waals surface area contributed by atoms with Crippen LogP contribution in [0.25, 0.3) is 0 Å². The first-order chi connectivity index (χ1) is 7.36. The summed E-state index contributed by atoms with van der Waals surface area (Å²) in [5.74, 6) is 3.09. The molecule has 1 heterocycles. The Morgan fingerprint density at radius 2 is 1.53 bits per heavy atom. The van der Waals surface area contributed by atoms with Crippen LogP contribution < -0.4 is 5.32 Å².